The largest absolute Gasteiger partial charge is 0.744 e. The predicted molar refractivity (Wildman–Crippen MR) is 148 cm³/mol. The van der Waals surface area contributed by atoms with Crippen molar-refractivity contribution >= 4 is 58.6 Å². The molecule has 0 aliphatic carbocycles. The summed E-state index contributed by atoms with van der Waals surface area (Å²) in [6, 6.07) is 14.2. The lowest BCUT2D eigenvalue weighted by Crippen LogP contribution is -2.44. The molecular weight excluding hydrogens is 552 g/mol. The highest BCUT2D eigenvalue weighted by Gasteiger charge is 2.29. The maximum absolute atomic E-state index is 12.6. The lowest BCUT2D eigenvalue weighted by atomic mass is 9.87. The van der Waals surface area contributed by atoms with Crippen LogP contribution in [0.2, 0.25) is 0 Å². The van der Waals surface area contributed by atoms with Gasteiger partial charge in [0.15, 0.2) is 5.36 Å². The summed E-state index contributed by atoms with van der Waals surface area (Å²) in [5.41, 5.74) is 4.91. The first-order valence-electron chi connectivity index (χ1n) is 12.9. The van der Waals surface area contributed by atoms with Crippen molar-refractivity contribution in [1.82, 2.24) is 0 Å². The molecule has 7 rings (SSSR count). The zero-order valence-electron chi connectivity index (χ0n) is 21.2. The molecule has 0 amide bonds. The summed E-state index contributed by atoms with van der Waals surface area (Å²) in [6.45, 7) is 1.90. The van der Waals surface area contributed by atoms with Crippen LogP contribution in [0, 0.1) is 0 Å². The second kappa shape index (κ2) is 8.61. The van der Waals surface area contributed by atoms with E-state index in [9.17, 15) is 25.9 Å². The average molecular weight is 577 g/mol. The standard InChI is InChI=1S/C29H24N2O7S2/c30-18-6-9-20-16(13-18)5-8-22-26(21-10-7-19(39(32,33)34)15-25(21)40(35,36)37)24-14-17-3-1-11-31-12-2-4-23(27(17)31)29(24)38-28(20)22/h5-10,13-15,30H,1-4,11-12H2,(H,32,33,34)(H,35,36,37). The number of hydrogen-bond acceptors (Lipinski definition) is 7. The number of fused-ring (bicyclic) bond motifs is 5. The van der Waals surface area contributed by atoms with E-state index in [1.807, 2.05) is 24.3 Å². The molecule has 2 aliphatic rings. The van der Waals surface area contributed by atoms with Crippen LogP contribution in [0.15, 0.2) is 68.8 Å². The van der Waals surface area contributed by atoms with Gasteiger partial charge in [-0.15, -0.1) is 0 Å². The van der Waals surface area contributed by atoms with Gasteiger partial charge in [-0.3, -0.25) is 9.96 Å². The van der Waals surface area contributed by atoms with Crippen molar-refractivity contribution in [3.63, 3.8) is 0 Å². The molecule has 0 fully saturated rings. The summed E-state index contributed by atoms with van der Waals surface area (Å²) in [7, 11) is -9.92. The molecule has 0 radical (unpaired) electrons. The summed E-state index contributed by atoms with van der Waals surface area (Å²) in [6.07, 6.45) is 3.53. The van der Waals surface area contributed by atoms with Crippen LogP contribution in [-0.2, 0) is 33.1 Å². The zero-order chi connectivity index (χ0) is 28.0. The lowest BCUT2D eigenvalue weighted by Gasteiger charge is -2.37. The van der Waals surface area contributed by atoms with E-state index in [1.165, 1.54) is 6.07 Å². The molecule has 4 aromatic carbocycles. The van der Waals surface area contributed by atoms with Crippen LogP contribution < -0.4 is 15.7 Å². The first-order valence-corrected chi connectivity index (χ1v) is 15.7. The van der Waals surface area contributed by atoms with E-state index in [0.717, 1.165) is 78.5 Å². The van der Waals surface area contributed by atoms with E-state index in [2.05, 4.69) is 4.90 Å². The normalized spacial score (nSPS) is 15.6. The van der Waals surface area contributed by atoms with E-state index in [0.29, 0.717) is 32.9 Å². The topological polar surface area (TPSA) is 154 Å². The van der Waals surface area contributed by atoms with Crippen LogP contribution in [0.3, 0.4) is 0 Å². The number of benzene rings is 4. The van der Waals surface area contributed by atoms with Gasteiger partial charge in [0.2, 0.25) is 0 Å². The molecular formula is C29H24N2O7S2. The molecule has 1 aromatic heterocycles. The Morgan fingerprint density at radius 3 is 2.35 bits per heavy atom. The van der Waals surface area contributed by atoms with Gasteiger partial charge >= 0.3 is 0 Å². The monoisotopic (exact) mass is 576 g/mol. The Morgan fingerprint density at radius 2 is 1.60 bits per heavy atom. The second-order valence-corrected chi connectivity index (χ2v) is 13.2. The molecule has 0 unspecified atom stereocenters. The minimum Gasteiger partial charge on any atom is -0.744 e. The van der Waals surface area contributed by atoms with Gasteiger partial charge in [-0.05, 0) is 67.0 Å². The third-order valence-electron chi connectivity index (χ3n) is 8.00. The first-order chi connectivity index (χ1) is 19.0. The SMILES string of the molecule is [NH2+]=c1ccc2c(ccc3c(-c4ccc(S(=O)(=O)O)cc4S(=O)(=O)[O-])c4cc5c6c(c4oc32)CCCN6CCC5)c1. The molecule has 204 valence electrons. The Kier molecular flexibility index (Phi) is 5.43. The fraction of sp³-hybridized carbons (Fsp3) is 0.207. The van der Waals surface area contributed by atoms with Gasteiger partial charge in [0.25, 0.3) is 10.1 Å². The van der Waals surface area contributed by atoms with E-state index in [1.54, 1.807) is 12.1 Å². The molecule has 0 atom stereocenters. The Hall–Kier alpha value is -3.77. The highest BCUT2D eigenvalue weighted by Crippen LogP contribution is 2.47. The van der Waals surface area contributed by atoms with Crippen LogP contribution in [0.1, 0.15) is 24.0 Å². The Labute approximate surface area is 229 Å². The number of nitrogens with zero attached hydrogens (tertiary/aromatic N) is 1. The van der Waals surface area contributed by atoms with Crippen LogP contribution >= 0.6 is 0 Å². The Balaban J connectivity index is 1.71. The van der Waals surface area contributed by atoms with Crippen molar-refractivity contribution in [2.75, 3.05) is 18.0 Å². The van der Waals surface area contributed by atoms with Gasteiger partial charge in [-0.2, -0.15) is 8.42 Å². The fourth-order valence-corrected chi connectivity index (χ4v) is 7.67. The molecule has 11 heteroatoms. The third-order valence-corrected chi connectivity index (χ3v) is 9.73. The van der Waals surface area contributed by atoms with Crippen molar-refractivity contribution in [3.8, 4) is 11.1 Å². The van der Waals surface area contributed by atoms with E-state index < -0.39 is 30.0 Å². The van der Waals surface area contributed by atoms with Crippen molar-refractivity contribution in [2.24, 2.45) is 0 Å². The molecule has 2 aliphatic heterocycles. The molecule has 9 nitrogen and oxygen atoms in total. The highest BCUT2D eigenvalue weighted by molar-refractivity contribution is 7.86. The zero-order valence-corrected chi connectivity index (χ0v) is 22.8. The molecule has 0 saturated heterocycles. The minimum absolute atomic E-state index is 0.0404. The summed E-state index contributed by atoms with van der Waals surface area (Å²) in [4.78, 5) is 0.958. The molecule has 5 aromatic rings. The van der Waals surface area contributed by atoms with E-state index >= 15 is 0 Å². The second-order valence-electron chi connectivity index (χ2n) is 10.4. The van der Waals surface area contributed by atoms with Crippen molar-refractivity contribution in [3.05, 3.63) is 71.1 Å². The molecule has 3 N–H and O–H groups in total. The van der Waals surface area contributed by atoms with E-state index in [-0.39, 0.29) is 5.56 Å². The Bertz CT molecular complexity index is 2200. The van der Waals surface area contributed by atoms with Crippen molar-refractivity contribution < 1.29 is 35.8 Å². The molecule has 3 heterocycles. The summed E-state index contributed by atoms with van der Waals surface area (Å²) >= 11 is 0. The van der Waals surface area contributed by atoms with Gasteiger partial charge in [0, 0.05) is 63.8 Å². The highest BCUT2D eigenvalue weighted by atomic mass is 32.2. The minimum atomic E-state index is -5.16. The maximum atomic E-state index is 12.6. The number of nitrogens with two attached hydrogens (primary N) is 1. The number of aryl methyl sites for hydroxylation is 2. The number of rotatable bonds is 3. The van der Waals surface area contributed by atoms with Crippen molar-refractivity contribution in [1.29, 1.82) is 0 Å². The lowest BCUT2D eigenvalue weighted by molar-refractivity contribution is -0.172. The van der Waals surface area contributed by atoms with Crippen LogP contribution in [0.5, 0.6) is 0 Å². The van der Waals surface area contributed by atoms with Crippen LogP contribution in [-0.4, -0.2) is 39.0 Å². The Morgan fingerprint density at radius 1 is 0.850 bits per heavy atom. The fourth-order valence-electron chi connectivity index (χ4n) is 6.37. The van der Waals surface area contributed by atoms with Crippen molar-refractivity contribution in [2.45, 2.75) is 35.5 Å². The summed E-state index contributed by atoms with van der Waals surface area (Å²) in [5, 5.41) is 9.40. The first kappa shape index (κ1) is 25.2. The molecule has 0 saturated carbocycles. The van der Waals surface area contributed by atoms with Gasteiger partial charge in [-0.1, -0.05) is 12.1 Å². The van der Waals surface area contributed by atoms with Gasteiger partial charge in [0.05, 0.1) is 9.79 Å². The van der Waals surface area contributed by atoms with Crippen LogP contribution in [0.25, 0.3) is 43.8 Å². The average Bonchev–Trinajstić information content (AvgIpc) is 2.91. The van der Waals surface area contributed by atoms with Gasteiger partial charge < -0.3 is 13.9 Å². The number of hydrogen-bond donors (Lipinski definition) is 2. The molecule has 40 heavy (non-hydrogen) atoms. The summed E-state index contributed by atoms with van der Waals surface area (Å²) in [5.74, 6) is 0. The smallest absolute Gasteiger partial charge is 0.294 e. The number of anilines is 1. The van der Waals surface area contributed by atoms with Gasteiger partial charge in [0.1, 0.15) is 21.3 Å². The summed E-state index contributed by atoms with van der Waals surface area (Å²) < 4.78 is 77.7. The molecule has 0 spiro atoms. The van der Waals surface area contributed by atoms with Crippen LogP contribution in [0.4, 0.5) is 5.69 Å². The third kappa shape index (κ3) is 3.84. The van der Waals surface area contributed by atoms with Gasteiger partial charge in [-0.25, -0.2) is 8.42 Å². The predicted octanol–water partition coefficient (Wildman–Crippen LogP) is 2.92. The quantitative estimate of drug-likeness (QED) is 0.189. The maximum Gasteiger partial charge on any atom is 0.294 e. The van der Waals surface area contributed by atoms with E-state index in [4.69, 9.17) is 9.83 Å². The molecule has 0 bridgehead atoms.